The fourth-order valence-corrected chi connectivity index (χ4v) is 3.22. The minimum absolute atomic E-state index is 0.163. The lowest BCUT2D eigenvalue weighted by molar-refractivity contribution is 0.0516. The molecule has 1 aromatic rings. The second-order valence-corrected chi connectivity index (χ2v) is 5.64. The van der Waals surface area contributed by atoms with E-state index in [-0.39, 0.29) is 11.6 Å². The van der Waals surface area contributed by atoms with Crippen molar-refractivity contribution in [1.29, 1.82) is 0 Å². The second-order valence-electron chi connectivity index (χ2n) is 5.64. The Kier molecular flexibility index (Phi) is 4.83. The quantitative estimate of drug-likeness (QED) is 0.867. The lowest BCUT2D eigenvalue weighted by Gasteiger charge is -2.31. The van der Waals surface area contributed by atoms with Gasteiger partial charge in [0.25, 0.3) is 5.56 Å². The highest BCUT2D eigenvalue weighted by molar-refractivity contribution is 5.92. The van der Waals surface area contributed by atoms with Crippen molar-refractivity contribution >= 4 is 5.97 Å². The summed E-state index contributed by atoms with van der Waals surface area (Å²) >= 11 is 0. The van der Waals surface area contributed by atoms with Crippen molar-refractivity contribution in [3.63, 3.8) is 0 Å². The van der Waals surface area contributed by atoms with Gasteiger partial charge < -0.3 is 14.4 Å². The van der Waals surface area contributed by atoms with Crippen LogP contribution in [-0.4, -0.2) is 28.4 Å². The fraction of sp³-hybridized carbons (Fsp3) is 0.625. The summed E-state index contributed by atoms with van der Waals surface area (Å²) < 4.78 is 6.65. The minimum atomic E-state index is -0.534. The van der Waals surface area contributed by atoms with Crippen LogP contribution in [0.15, 0.2) is 10.9 Å². The van der Waals surface area contributed by atoms with Gasteiger partial charge in [0, 0.05) is 11.8 Å². The second kappa shape index (κ2) is 6.43. The number of hydrogen-bond donors (Lipinski definition) is 1. The van der Waals surface area contributed by atoms with Gasteiger partial charge in [-0.1, -0.05) is 12.8 Å². The van der Waals surface area contributed by atoms with Crippen LogP contribution in [0.1, 0.15) is 60.3 Å². The third-order valence-corrected chi connectivity index (χ3v) is 4.20. The molecule has 1 aliphatic rings. The number of nitrogens with zero attached hydrogens (tertiary/aromatic N) is 1. The average molecular weight is 293 g/mol. The number of aromatic nitrogens is 1. The predicted molar refractivity (Wildman–Crippen MR) is 79.6 cm³/mol. The molecule has 0 amide bonds. The van der Waals surface area contributed by atoms with E-state index in [0.717, 1.165) is 19.3 Å². The molecule has 0 saturated heterocycles. The van der Waals surface area contributed by atoms with Gasteiger partial charge in [-0.05, 0) is 39.2 Å². The lowest BCUT2D eigenvalue weighted by Crippen LogP contribution is -2.37. The largest absolute Gasteiger partial charge is 0.462 e. The number of esters is 1. The first-order valence-electron chi connectivity index (χ1n) is 7.55. The number of aliphatic hydroxyl groups excluding tert-OH is 1. The van der Waals surface area contributed by atoms with Crippen molar-refractivity contribution in [3.05, 3.63) is 33.2 Å². The van der Waals surface area contributed by atoms with Crippen LogP contribution in [-0.2, 0) is 4.74 Å². The van der Waals surface area contributed by atoms with E-state index in [1.807, 2.05) is 0 Å². The van der Waals surface area contributed by atoms with Gasteiger partial charge in [-0.3, -0.25) is 4.79 Å². The van der Waals surface area contributed by atoms with Crippen molar-refractivity contribution in [2.75, 3.05) is 6.61 Å². The zero-order valence-corrected chi connectivity index (χ0v) is 12.9. The molecule has 116 valence electrons. The number of aryl methyl sites for hydroxylation is 1. The van der Waals surface area contributed by atoms with E-state index in [9.17, 15) is 14.7 Å². The van der Waals surface area contributed by atoms with Gasteiger partial charge in [0.2, 0.25) is 0 Å². The molecule has 5 heteroatoms. The molecule has 1 aromatic heterocycles. The van der Waals surface area contributed by atoms with E-state index in [2.05, 4.69) is 0 Å². The Morgan fingerprint density at radius 1 is 1.38 bits per heavy atom. The third-order valence-electron chi connectivity index (χ3n) is 4.20. The predicted octanol–water partition coefficient (Wildman–Crippen LogP) is 2.12. The van der Waals surface area contributed by atoms with E-state index in [4.69, 9.17) is 4.74 Å². The standard InChI is InChI=1S/C16H23NO4/c1-4-21-16(20)15-10(2)9-14(19)17(11(15)3)12-7-5-6-8-13(12)18/h9,12-13,18H,4-8H2,1-3H3. The topological polar surface area (TPSA) is 68.5 Å². The smallest absolute Gasteiger partial charge is 0.340 e. The maximum atomic E-state index is 12.3. The van der Waals surface area contributed by atoms with E-state index in [1.54, 1.807) is 25.3 Å². The Morgan fingerprint density at radius 2 is 2.05 bits per heavy atom. The Bertz CT molecular complexity index is 591. The first kappa shape index (κ1) is 15.8. The van der Waals surface area contributed by atoms with Gasteiger partial charge in [-0.15, -0.1) is 0 Å². The highest BCUT2D eigenvalue weighted by atomic mass is 16.5. The van der Waals surface area contributed by atoms with Gasteiger partial charge in [0.05, 0.1) is 24.3 Å². The number of carbonyl (C=O) groups is 1. The number of ether oxygens (including phenoxy) is 1. The highest BCUT2D eigenvalue weighted by Gasteiger charge is 2.28. The van der Waals surface area contributed by atoms with Gasteiger partial charge in [0.15, 0.2) is 0 Å². The van der Waals surface area contributed by atoms with E-state index >= 15 is 0 Å². The fourth-order valence-electron chi connectivity index (χ4n) is 3.22. The maximum Gasteiger partial charge on any atom is 0.340 e. The SMILES string of the molecule is CCOC(=O)c1c(C)cc(=O)n(C2CCCCC2O)c1C. The summed E-state index contributed by atoms with van der Waals surface area (Å²) in [5.74, 6) is -0.411. The molecule has 21 heavy (non-hydrogen) atoms. The molecule has 1 saturated carbocycles. The van der Waals surface area contributed by atoms with Crippen LogP contribution in [0.4, 0.5) is 0 Å². The van der Waals surface area contributed by atoms with Gasteiger partial charge in [-0.25, -0.2) is 4.79 Å². The van der Waals surface area contributed by atoms with Crippen LogP contribution in [0.25, 0.3) is 0 Å². The Labute approximate surface area is 124 Å². The summed E-state index contributed by atoms with van der Waals surface area (Å²) in [7, 11) is 0. The Balaban J connectivity index is 2.53. The monoisotopic (exact) mass is 293 g/mol. The normalized spacial score (nSPS) is 22.1. The van der Waals surface area contributed by atoms with Crippen LogP contribution < -0.4 is 5.56 Å². The van der Waals surface area contributed by atoms with Crippen LogP contribution in [0.2, 0.25) is 0 Å². The van der Waals surface area contributed by atoms with Crippen LogP contribution >= 0.6 is 0 Å². The number of carbonyl (C=O) groups excluding carboxylic acids is 1. The number of pyridine rings is 1. The zero-order chi connectivity index (χ0) is 15.6. The van der Waals surface area contributed by atoms with Crippen LogP contribution in [0, 0.1) is 13.8 Å². The molecule has 0 spiro atoms. The van der Waals surface area contributed by atoms with Crippen LogP contribution in [0.5, 0.6) is 0 Å². The zero-order valence-electron chi connectivity index (χ0n) is 12.9. The molecule has 5 nitrogen and oxygen atoms in total. The summed E-state index contributed by atoms with van der Waals surface area (Å²) in [6.07, 6.45) is 2.87. The Morgan fingerprint density at radius 3 is 2.67 bits per heavy atom. The molecule has 2 rings (SSSR count). The van der Waals surface area contributed by atoms with E-state index in [1.165, 1.54) is 6.07 Å². The van der Waals surface area contributed by atoms with Gasteiger partial charge >= 0.3 is 5.97 Å². The Hall–Kier alpha value is -1.62. The molecule has 0 aromatic carbocycles. The van der Waals surface area contributed by atoms with Crippen LogP contribution in [0.3, 0.4) is 0 Å². The summed E-state index contributed by atoms with van der Waals surface area (Å²) in [5.41, 5.74) is 1.49. The first-order valence-corrected chi connectivity index (χ1v) is 7.55. The molecule has 0 bridgehead atoms. The number of rotatable bonds is 3. The molecule has 1 fully saturated rings. The molecule has 1 N–H and O–H groups in total. The summed E-state index contributed by atoms with van der Waals surface area (Å²) in [5, 5.41) is 10.2. The van der Waals surface area contributed by atoms with Crippen molar-refractivity contribution in [2.24, 2.45) is 0 Å². The number of aliphatic hydroxyl groups is 1. The molecule has 1 heterocycles. The molecule has 2 unspecified atom stereocenters. The molecule has 2 atom stereocenters. The molecule has 0 radical (unpaired) electrons. The summed E-state index contributed by atoms with van der Waals surface area (Å²) in [4.78, 5) is 24.5. The summed E-state index contributed by atoms with van der Waals surface area (Å²) in [6, 6.07) is 1.21. The molecular weight excluding hydrogens is 270 g/mol. The minimum Gasteiger partial charge on any atom is -0.462 e. The third kappa shape index (κ3) is 3.02. The van der Waals surface area contributed by atoms with Crippen molar-refractivity contribution in [2.45, 2.75) is 58.6 Å². The van der Waals surface area contributed by atoms with Crippen molar-refractivity contribution in [1.82, 2.24) is 4.57 Å². The first-order chi connectivity index (χ1) is 9.97. The lowest BCUT2D eigenvalue weighted by atomic mass is 9.91. The molecular formula is C16H23NO4. The van der Waals surface area contributed by atoms with Gasteiger partial charge in [0.1, 0.15) is 0 Å². The number of hydrogen-bond acceptors (Lipinski definition) is 4. The highest BCUT2D eigenvalue weighted by Crippen LogP contribution is 2.29. The van der Waals surface area contributed by atoms with E-state index < -0.39 is 12.1 Å². The van der Waals surface area contributed by atoms with Crippen molar-refractivity contribution in [3.8, 4) is 0 Å². The molecule has 0 aliphatic heterocycles. The molecule has 1 aliphatic carbocycles. The maximum absolute atomic E-state index is 12.3. The van der Waals surface area contributed by atoms with Crippen molar-refractivity contribution < 1.29 is 14.6 Å². The van der Waals surface area contributed by atoms with E-state index in [0.29, 0.717) is 29.8 Å². The summed E-state index contributed by atoms with van der Waals surface area (Å²) in [6.45, 7) is 5.54. The van der Waals surface area contributed by atoms with Gasteiger partial charge in [-0.2, -0.15) is 0 Å². The average Bonchev–Trinajstić information content (AvgIpc) is 2.40.